The molecule has 2 heterocycles. The van der Waals surface area contributed by atoms with E-state index in [2.05, 4.69) is 5.32 Å². The van der Waals surface area contributed by atoms with Gasteiger partial charge < -0.3 is 5.32 Å². The number of sulfone groups is 1. The molecule has 0 aliphatic carbocycles. The van der Waals surface area contributed by atoms with Crippen molar-refractivity contribution in [1.29, 1.82) is 0 Å². The van der Waals surface area contributed by atoms with Gasteiger partial charge in [-0.3, -0.25) is 13.9 Å². The van der Waals surface area contributed by atoms with Crippen molar-refractivity contribution in [1.82, 2.24) is 9.13 Å². The molecule has 1 N–H and O–H groups in total. The molecule has 26 heavy (non-hydrogen) atoms. The summed E-state index contributed by atoms with van der Waals surface area (Å²) in [5.74, 6) is -0.288. The highest BCUT2D eigenvalue weighted by Crippen LogP contribution is 2.28. The van der Waals surface area contributed by atoms with E-state index >= 15 is 0 Å². The number of nitrogens with zero attached hydrogens (tertiary/aromatic N) is 2. The Bertz CT molecular complexity index is 1200. The molecule has 1 aliphatic rings. The molecule has 4 rings (SSSR count). The fourth-order valence-electron chi connectivity index (χ4n) is 3.34. The van der Waals surface area contributed by atoms with Crippen molar-refractivity contribution in [2.24, 2.45) is 7.05 Å². The number of hydrogen-bond acceptors (Lipinski definition) is 4. The summed E-state index contributed by atoms with van der Waals surface area (Å²) in [6, 6.07) is 12.1. The molecule has 8 heteroatoms. The first-order chi connectivity index (χ1) is 12.4. The van der Waals surface area contributed by atoms with E-state index < -0.39 is 15.7 Å². The van der Waals surface area contributed by atoms with Gasteiger partial charge in [-0.15, -0.1) is 0 Å². The average molecular weight is 371 g/mol. The van der Waals surface area contributed by atoms with Crippen LogP contribution in [0.15, 0.2) is 52.2 Å². The zero-order valence-corrected chi connectivity index (χ0v) is 14.9. The highest BCUT2D eigenvalue weighted by molar-refractivity contribution is 7.91. The molecular weight excluding hydrogens is 354 g/mol. The molecule has 0 fully saturated rings. The van der Waals surface area contributed by atoms with E-state index in [0.29, 0.717) is 17.6 Å². The second-order valence-electron chi connectivity index (χ2n) is 6.36. The van der Waals surface area contributed by atoms with Crippen molar-refractivity contribution in [2.75, 3.05) is 11.1 Å². The van der Waals surface area contributed by atoms with Gasteiger partial charge in [-0.05, 0) is 36.2 Å². The van der Waals surface area contributed by atoms with Gasteiger partial charge in [-0.25, -0.2) is 13.2 Å². The standard InChI is InChI=1S/C18H17N3O4S/c1-20-14-4-2-3-5-15(14)21(18(20)23)11-17(22)19-13-7-6-12-8-9-26(24,25)16(12)10-13/h2-7,10H,8-9,11H2,1H3,(H,19,22). The van der Waals surface area contributed by atoms with Gasteiger partial charge in [0.2, 0.25) is 5.91 Å². The summed E-state index contributed by atoms with van der Waals surface area (Å²) in [4.78, 5) is 25.1. The first kappa shape index (κ1) is 16.6. The second kappa shape index (κ2) is 5.84. The van der Waals surface area contributed by atoms with E-state index in [1.54, 1.807) is 25.2 Å². The molecule has 0 radical (unpaired) electrons. The Morgan fingerprint density at radius 3 is 2.65 bits per heavy atom. The topological polar surface area (TPSA) is 90.2 Å². The van der Waals surface area contributed by atoms with E-state index in [9.17, 15) is 18.0 Å². The Balaban J connectivity index is 1.62. The summed E-state index contributed by atoms with van der Waals surface area (Å²) in [6.45, 7) is -0.149. The molecule has 0 saturated heterocycles. The van der Waals surface area contributed by atoms with Crippen LogP contribution in [0.25, 0.3) is 11.0 Å². The normalized spacial score (nSPS) is 15.1. The predicted octanol–water partition coefficient (Wildman–Crippen LogP) is 1.31. The number of rotatable bonds is 3. The quantitative estimate of drug-likeness (QED) is 0.752. The fraction of sp³-hybridized carbons (Fsp3) is 0.222. The summed E-state index contributed by atoms with van der Waals surface area (Å²) in [7, 11) is -1.61. The maximum atomic E-state index is 12.4. The number of para-hydroxylation sites is 2. The van der Waals surface area contributed by atoms with Crippen LogP contribution in [0.4, 0.5) is 5.69 Å². The lowest BCUT2D eigenvalue weighted by Gasteiger charge is -2.08. The Labute approximate surface area is 149 Å². The number of carbonyl (C=O) groups is 1. The molecule has 1 aromatic heterocycles. The van der Waals surface area contributed by atoms with Crippen LogP contribution in [0.2, 0.25) is 0 Å². The van der Waals surface area contributed by atoms with Crippen LogP contribution in [-0.2, 0) is 34.6 Å². The number of anilines is 1. The van der Waals surface area contributed by atoms with Gasteiger partial charge in [0.25, 0.3) is 0 Å². The Morgan fingerprint density at radius 2 is 1.88 bits per heavy atom. The molecule has 0 spiro atoms. The second-order valence-corrected chi connectivity index (χ2v) is 8.43. The highest BCUT2D eigenvalue weighted by atomic mass is 32.2. The lowest BCUT2D eigenvalue weighted by atomic mass is 10.1. The Hall–Kier alpha value is -2.87. The smallest absolute Gasteiger partial charge is 0.324 e. The fourth-order valence-corrected chi connectivity index (χ4v) is 4.93. The van der Waals surface area contributed by atoms with Gasteiger partial charge in [0, 0.05) is 12.7 Å². The third kappa shape index (κ3) is 2.62. The largest absolute Gasteiger partial charge is 0.329 e. The molecular formula is C18H17N3O4S. The number of carbonyl (C=O) groups excluding carboxylic acids is 1. The monoisotopic (exact) mass is 371 g/mol. The van der Waals surface area contributed by atoms with Crippen molar-refractivity contribution in [3.05, 3.63) is 58.5 Å². The molecule has 1 amide bonds. The summed E-state index contributed by atoms with van der Waals surface area (Å²) in [6.07, 6.45) is 0.497. The number of nitrogens with one attached hydrogen (secondary N) is 1. The van der Waals surface area contributed by atoms with Gasteiger partial charge in [0.15, 0.2) is 9.84 Å². The number of aromatic nitrogens is 2. The highest BCUT2D eigenvalue weighted by Gasteiger charge is 2.26. The van der Waals surface area contributed by atoms with Crippen molar-refractivity contribution >= 4 is 32.5 Å². The third-order valence-corrected chi connectivity index (χ3v) is 6.47. The van der Waals surface area contributed by atoms with Crippen LogP contribution < -0.4 is 11.0 Å². The van der Waals surface area contributed by atoms with E-state index in [0.717, 1.165) is 11.1 Å². The van der Waals surface area contributed by atoms with Crippen molar-refractivity contribution < 1.29 is 13.2 Å². The molecule has 0 atom stereocenters. The van der Waals surface area contributed by atoms with Crippen LogP contribution >= 0.6 is 0 Å². The van der Waals surface area contributed by atoms with Gasteiger partial charge in [0.1, 0.15) is 6.54 Å². The molecule has 3 aromatic rings. The van der Waals surface area contributed by atoms with Crippen LogP contribution in [0, 0.1) is 0 Å². The summed E-state index contributed by atoms with van der Waals surface area (Å²) in [5, 5.41) is 2.69. The van der Waals surface area contributed by atoms with E-state index in [4.69, 9.17) is 0 Å². The van der Waals surface area contributed by atoms with Crippen molar-refractivity contribution in [3.63, 3.8) is 0 Å². The van der Waals surface area contributed by atoms with Gasteiger partial charge in [-0.2, -0.15) is 0 Å². The lowest BCUT2D eigenvalue weighted by Crippen LogP contribution is -2.28. The van der Waals surface area contributed by atoms with Crippen molar-refractivity contribution in [3.8, 4) is 0 Å². The molecule has 0 saturated carbocycles. The SMILES string of the molecule is Cn1c(=O)n(CC(=O)Nc2ccc3c(c2)S(=O)(=O)CC3)c2ccccc21. The Morgan fingerprint density at radius 1 is 1.15 bits per heavy atom. The zero-order valence-electron chi connectivity index (χ0n) is 14.1. The maximum absolute atomic E-state index is 12.4. The number of imidazole rings is 1. The molecule has 0 bridgehead atoms. The minimum absolute atomic E-state index is 0.102. The number of amides is 1. The van der Waals surface area contributed by atoms with Gasteiger partial charge in [0.05, 0.1) is 21.7 Å². The van der Waals surface area contributed by atoms with E-state index in [1.807, 2.05) is 18.2 Å². The zero-order chi connectivity index (χ0) is 18.5. The van der Waals surface area contributed by atoms with Crippen LogP contribution in [0.1, 0.15) is 5.56 Å². The van der Waals surface area contributed by atoms with E-state index in [-0.39, 0.29) is 22.9 Å². The van der Waals surface area contributed by atoms with Gasteiger partial charge in [-0.1, -0.05) is 18.2 Å². The summed E-state index contributed by atoms with van der Waals surface area (Å²) in [5.41, 5.74) is 2.32. The number of hydrogen-bond donors (Lipinski definition) is 1. The lowest BCUT2D eigenvalue weighted by molar-refractivity contribution is -0.116. The number of aryl methyl sites for hydroxylation is 2. The third-order valence-electron chi connectivity index (χ3n) is 4.68. The molecule has 134 valence electrons. The molecule has 1 aliphatic heterocycles. The average Bonchev–Trinajstić information content (AvgIpc) is 3.04. The first-order valence-electron chi connectivity index (χ1n) is 8.16. The molecule has 7 nitrogen and oxygen atoms in total. The Kier molecular flexibility index (Phi) is 3.73. The molecule has 0 unspecified atom stereocenters. The van der Waals surface area contributed by atoms with E-state index in [1.165, 1.54) is 15.2 Å². The number of fused-ring (bicyclic) bond motifs is 2. The predicted molar refractivity (Wildman–Crippen MR) is 98.0 cm³/mol. The molecule has 2 aromatic carbocycles. The van der Waals surface area contributed by atoms with Crippen LogP contribution in [-0.4, -0.2) is 29.2 Å². The summed E-state index contributed by atoms with van der Waals surface area (Å²) < 4.78 is 26.9. The van der Waals surface area contributed by atoms with Crippen molar-refractivity contribution in [2.45, 2.75) is 17.9 Å². The minimum atomic E-state index is -3.26. The first-order valence-corrected chi connectivity index (χ1v) is 9.82. The maximum Gasteiger partial charge on any atom is 0.329 e. The minimum Gasteiger partial charge on any atom is -0.324 e. The number of benzene rings is 2. The van der Waals surface area contributed by atoms with Crippen LogP contribution in [0.5, 0.6) is 0 Å². The van der Waals surface area contributed by atoms with Gasteiger partial charge >= 0.3 is 5.69 Å². The summed E-state index contributed by atoms with van der Waals surface area (Å²) >= 11 is 0. The van der Waals surface area contributed by atoms with Crippen LogP contribution in [0.3, 0.4) is 0 Å².